The van der Waals surface area contributed by atoms with Crippen molar-refractivity contribution in [2.24, 2.45) is 0 Å². The zero-order valence-corrected chi connectivity index (χ0v) is 11.1. The largest absolute Gasteiger partial charge is 0.392 e. The Kier molecular flexibility index (Phi) is 3.38. The Morgan fingerprint density at radius 3 is 2.90 bits per heavy atom. The monoisotopic (exact) mass is 281 g/mol. The van der Waals surface area contributed by atoms with Crippen LogP contribution >= 0.6 is 0 Å². The van der Waals surface area contributed by atoms with Crippen molar-refractivity contribution < 1.29 is 9.50 Å². The van der Waals surface area contributed by atoms with Gasteiger partial charge in [0.25, 0.3) is 0 Å². The molecule has 2 aromatic heterocycles. The molecule has 3 aromatic rings. The van der Waals surface area contributed by atoms with Crippen molar-refractivity contribution in [3.63, 3.8) is 0 Å². The van der Waals surface area contributed by atoms with Crippen LogP contribution in [0.3, 0.4) is 0 Å². The predicted octanol–water partition coefficient (Wildman–Crippen LogP) is 2.59. The van der Waals surface area contributed by atoms with E-state index in [1.807, 2.05) is 10.6 Å². The molecule has 0 aliphatic carbocycles. The van der Waals surface area contributed by atoms with Gasteiger partial charge in [-0.1, -0.05) is 0 Å². The Morgan fingerprint density at radius 2 is 2.14 bits per heavy atom. The SMILES string of the molecule is N#Cc1ccc(F)cc1Cn1cc(CO)c2cccnc21. The van der Waals surface area contributed by atoms with Gasteiger partial charge in [0.15, 0.2) is 0 Å². The maximum absolute atomic E-state index is 13.4. The van der Waals surface area contributed by atoms with Gasteiger partial charge in [0.2, 0.25) is 0 Å². The Bertz CT molecular complexity index is 848. The summed E-state index contributed by atoms with van der Waals surface area (Å²) in [5, 5.41) is 19.4. The quantitative estimate of drug-likeness (QED) is 0.802. The van der Waals surface area contributed by atoms with Crippen molar-refractivity contribution in [1.82, 2.24) is 9.55 Å². The Morgan fingerprint density at radius 1 is 1.29 bits per heavy atom. The van der Waals surface area contributed by atoms with Crippen molar-refractivity contribution in [2.75, 3.05) is 0 Å². The highest BCUT2D eigenvalue weighted by atomic mass is 19.1. The second-order valence-electron chi connectivity index (χ2n) is 4.73. The van der Waals surface area contributed by atoms with E-state index in [9.17, 15) is 9.50 Å². The van der Waals surface area contributed by atoms with Crippen LogP contribution in [-0.4, -0.2) is 14.7 Å². The number of aliphatic hydroxyl groups is 1. The molecule has 5 heteroatoms. The van der Waals surface area contributed by atoms with Gasteiger partial charge in [-0.2, -0.15) is 5.26 Å². The summed E-state index contributed by atoms with van der Waals surface area (Å²) >= 11 is 0. The van der Waals surface area contributed by atoms with Crippen molar-refractivity contribution in [3.8, 4) is 6.07 Å². The maximum Gasteiger partial charge on any atom is 0.140 e. The molecule has 0 atom stereocenters. The van der Waals surface area contributed by atoms with Crippen LogP contribution in [0.15, 0.2) is 42.7 Å². The molecular weight excluding hydrogens is 269 g/mol. The molecule has 0 aliphatic rings. The normalized spacial score (nSPS) is 10.7. The van der Waals surface area contributed by atoms with Gasteiger partial charge in [-0.15, -0.1) is 0 Å². The van der Waals surface area contributed by atoms with E-state index in [0.717, 1.165) is 10.9 Å². The fourth-order valence-electron chi connectivity index (χ4n) is 2.43. The van der Waals surface area contributed by atoms with Gasteiger partial charge in [-0.25, -0.2) is 9.37 Å². The number of hydrogen-bond donors (Lipinski definition) is 1. The second kappa shape index (κ2) is 5.35. The number of rotatable bonds is 3. The lowest BCUT2D eigenvalue weighted by Gasteiger charge is -2.07. The summed E-state index contributed by atoms with van der Waals surface area (Å²) in [6.45, 7) is 0.234. The lowest BCUT2D eigenvalue weighted by Crippen LogP contribution is -2.02. The number of nitriles is 1. The van der Waals surface area contributed by atoms with E-state index < -0.39 is 0 Å². The van der Waals surface area contributed by atoms with Gasteiger partial charge in [-0.3, -0.25) is 0 Å². The molecule has 1 N–H and O–H groups in total. The summed E-state index contributed by atoms with van der Waals surface area (Å²) in [5.74, 6) is -0.379. The molecule has 1 aromatic carbocycles. The number of aromatic nitrogens is 2. The van der Waals surface area contributed by atoms with Crippen LogP contribution in [0.4, 0.5) is 4.39 Å². The maximum atomic E-state index is 13.4. The smallest absolute Gasteiger partial charge is 0.140 e. The zero-order chi connectivity index (χ0) is 14.8. The number of pyridine rings is 1. The average Bonchev–Trinajstić information content (AvgIpc) is 2.86. The number of benzene rings is 1. The molecule has 0 unspecified atom stereocenters. The van der Waals surface area contributed by atoms with Crippen LogP contribution in [0.1, 0.15) is 16.7 Å². The first-order chi connectivity index (χ1) is 10.2. The third-order valence-electron chi connectivity index (χ3n) is 3.42. The molecule has 0 fully saturated rings. The van der Waals surface area contributed by atoms with E-state index in [2.05, 4.69) is 11.1 Å². The van der Waals surface area contributed by atoms with Crippen LogP contribution < -0.4 is 0 Å². The van der Waals surface area contributed by atoms with Gasteiger partial charge in [0.1, 0.15) is 11.5 Å². The number of halogens is 1. The van der Waals surface area contributed by atoms with Crippen LogP contribution in [0.2, 0.25) is 0 Å². The van der Waals surface area contributed by atoms with E-state index in [-0.39, 0.29) is 12.4 Å². The predicted molar refractivity (Wildman–Crippen MR) is 75.9 cm³/mol. The lowest BCUT2D eigenvalue weighted by molar-refractivity contribution is 0.283. The summed E-state index contributed by atoms with van der Waals surface area (Å²) in [6.07, 6.45) is 3.44. The van der Waals surface area contributed by atoms with E-state index >= 15 is 0 Å². The van der Waals surface area contributed by atoms with Crippen LogP contribution in [-0.2, 0) is 13.2 Å². The first-order valence-corrected chi connectivity index (χ1v) is 6.45. The van der Waals surface area contributed by atoms with Crippen molar-refractivity contribution in [1.29, 1.82) is 5.26 Å². The van der Waals surface area contributed by atoms with Gasteiger partial charge in [-0.05, 0) is 35.9 Å². The minimum atomic E-state index is -0.379. The van der Waals surface area contributed by atoms with Gasteiger partial charge in [0.05, 0.1) is 24.8 Å². The third-order valence-corrected chi connectivity index (χ3v) is 3.42. The summed E-state index contributed by atoms with van der Waals surface area (Å²) in [5.41, 5.74) is 2.48. The van der Waals surface area contributed by atoms with Gasteiger partial charge >= 0.3 is 0 Å². The topological polar surface area (TPSA) is 61.8 Å². The molecule has 0 amide bonds. The first kappa shape index (κ1) is 13.3. The lowest BCUT2D eigenvalue weighted by atomic mass is 10.1. The molecular formula is C16H12FN3O. The fourth-order valence-corrected chi connectivity index (χ4v) is 2.43. The molecule has 2 heterocycles. The molecule has 0 saturated carbocycles. The van der Waals surface area contributed by atoms with Gasteiger partial charge in [0, 0.05) is 23.3 Å². The number of hydrogen-bond acceptors (Lipinski definition) is 3. The molecule has 104 valence electrons. The summed E-state index contributed by atoms with van der Waals surface area (Å²) in [4.78, 5) is 4.30. The standard InChI is InChI=1S/C16H12FN3O/c17-14-4-3-11(7-18)12(6-14)8-20-9-13(10-21)15-2-1-5-19-16(15)20/h1-6,9,21H,8,10H2. The van der Waals surface area contributed by atoms with Crippen molar-refractivity contribution in [2.45, 2.75) is 13.2 Å². The molecule has 4 nitrogen and oxygen atoms in total. The van der Waals surface area contributed by atoms with Crippen molar-refractivity contribution >= 4 is 11.0 Å². The Labute approximate surface area is 120 Å². The van der Waals surface area contributed by atoms with E-state index in [0.29, 0.717) is 23.3 Å². The van der Waals surface area contributed by atoms with Crippen LogP contribution in [0, 0.1) is 17.1 Å². The summed E-state index contributed by atoms with van der Waals surface area (Å²) in [6, 6.07) is 9.83. The zero-order valence-electron chi connectivity index (χ0n) is 11.1. The molecule has 21 heavy (non-hydrogen) atoms. The highest BCUT2D eigenvalue weighted by molar-refractivity contribution is 5.80. The first-order valence-electron chi connectivity index (χ1n) is 6.45. The highest BCUT2D eigenvalue weighted by Gasteiger charge is 2.11. The number of aliphatic hydroxyl groups excluding tert-OH is 1. The van der Waals surface area contributed by atoms with Gasteiger partial charge < -0.3 is 9.67 Å². The summed E-state index contributed by atoms with van der Waals surface area (Å²) in [7, 11) is 0. The van der Waals surface area contributed by atoms with E-state index in [1.54, 1.807) is 18.5 Å². The molecule has 0 radical (unpaired) electrons. The molecule has 0 saturated heterocycles. The highest BCUT2D eigenvalue weighted by Crippen LogP contribution is 2.21. The molecule has 0 aliphatic heterocycles. The van der Waals surface area contributed by atoms with Crippen LogP contribution in [0.5, 0.6) is 0 Å². The Hall–Kier alpha value is -2.71. The minimum Gasteiger partial charge on any atom is -0.392 e. The number of nitrogens with zero attached hydrogens (tertiary/aromatic N) is 3. The second-order valence-corrected chi connectivity index (χ2v) is 4.73. The fraction of sp³-hybridized carbons (Fsp3) is 0.125. The van der Waals surface area contributed by atoms with Crippen molar-refractivity contribution in [3.05, 3.63) is 65.2 Å². The molecule has 3 rings (SSSR count). The Balaban J connectivity index is 2.11. The molecule has 0 bridgehead atoms. The summed E-state index contributed by atoms with van der Waals surface area (Å²) < 4.78 is 15.2. The van der Waals surface area contributed by atoms with E-state index in [4.69, 9.17) is 5.26 Å². The van der Waals surface area contributed by atoms with E-state index in [1.165, 1.54) is 18.2 Å². The molecule has 0 spiro atoms. The third kappa shape index (κ3) is 2.37. The van der Waals surface area contributed by atoms with Crippen LogP contribution in [0.25, 0.3) is 11.0 Å². The number of fused-ring (bicyclic) bond motifs is 1. The minimum absolute atomic E-state index is 0.0938. The average molecular weight is 281 g/mol.